The molecule has 7 heteroatoms. The molecule has 0 unspecified atom stereocenters. The van der Waals surface area contributed by atoms with Gasteiger partial charge in [-0.15, -0.1) is 0 Å². The second-order valence-corrected chi connectivity index (χ2v) is 7.66. The summed E-state index contributed by atoms with van der Waals surface area (Å²) in [7, 11) is 0. The topological polar surface area (TPSA) is 82.1 Å². The predicted molar refractivity (Wildman–Crippen MR) is 128 cm³/mol. The molecule has 1 N–H and O–H groups in total. The van der Waals surface area contributed by atoms with E-state index in [-0.39, 0.29) is 22.1 Å². The maximum absolute atomic E-state index is 13.5. The van der Waals surface area contributed by atoms with Crippen LogP contribution in [0, 0.1) is 17.0 Å². The minimum Gasteiger partial charge on any atom is -0.867 e. The fourth-order valence-electron chi connectivity index (χ4n) is 3.46. The first kappa shape index (κ1) is 21.1. The number of pyridine rings is 1. The van der Waals surface area contributed by atoms with Gasteiger partial charge in [-0.3, -0.25) is 10.1 Å². The molecule has 1 aromatic heterocycles. The summed E-state index contributed by atoms with van der Waals surface area (Å²) in [6, 6.07) is 23.0. The highest BCUT2D eigenvalue weighted by atomic mass is 32.1. The van der Waals surface area contributed by atoms with E-state index in [0.717, 1.165) is 22.0 Å². The van der Waals surface area contributed by atoms with Crippen LogP contribution in [0.25, 0.3) is 22.2 Å². The number of hydrogen-bond donors (Lipinski definition) is 1. The first-order chi connectivity index (χ1) is 15.4. The molecule has 1 heterocycles. The average Bonchev–Trinajstić information content (AvgIpc) is 2.79. The number of anilines is 1. The van der Waals surface area contributed by atoms with Crippen LogP contribution in [0.2, 0.25) is 0 Å². The van der Waals surface area contributed by atoms with Crippen LogP contribution >= 0.6 is 12.2 Å². The summed E-state index contributed by atoms with van der Waals surface area (Å²) in [5, 5.41) is 29.7. The number of nitro groups is 1. The number of benzene rings is 3. The minimum absolute atomic E-state index is 0.0808. The Balaban J connectivity index is 1.81. The van der Waals surface area contributed by atoms with Crippen molar-refractivity contribution in [3.05, 3.63) is 112 Å². The number of nitrogens with zero attached hydrogens (tertiary/aromatic N) is 2. The van der Waals surface area contributed by atoms with Gasteiger partial charge in [0.1, 0.15) is 0 Å². The normalized spacial score (nSPS) is 11.7. The van der Waals surface area contributed by atoms with Crippen molar-refractivity contribution in [3.63, 3.8) is 0 Å². The Morgan fingerprint density at radius 3 is 2.41 bits per heavy atom. The van der Waals surface area contributed by atoms with Crippen molar-refractivity contribution in [1.29, 1.82) is 0 Å². The lowest BCUT2D eigenvalue weighted by molar-refractivity contribution is -0.578. The molecule has 0 spiro atoms. The number of nitrogens with one attached hydrogen (secondary N) is 1. The molecule has 0 amide bonds. The zero-order valence-electron chi connectivity index (χ0n) is 17.2. The number of rotatable bonds is 5. The Kier molecular flexibility index (Phi) is 5.91. The quantitative estimate of drug-likeness (QED) is 0.123. The van der Waals surface area contributed by atoms with Gasteiger partial charge in [0.25, 0.3) is 5.69 Å². The monoisotopic (exact) mass is 441 g/mol. The molecule has 6 nitrogen and oxygen atoms in total. The maximum Gasteiger partial charge on any atom is 0.269 e. The zero-order valence-corrected chi connectivity index (χ0v) is 18.0. The highest BCUT2D eigenvalue weighted by Crippen LogP contribution is 2.25. The van der Waals surface area contributed by atoms with Crippen molar-refractivity contribution in [2.45, 2.75) is 6.92 Å². The first-order valence-electron chi connectivity index (χ1n) is 9.87. The molecule has 0 saturated carbocycles. The number of aryl methyl sites for hydroxylation is 1. The van der Waals surface area contributed by atoms with Gasteiger partial charge in [-0.1, -0.05) is 48.6 Å². The molecule has 3 aromatic carbocycles. The van der Waals surface area contributed by atoms with Crippen molar-refractivity contribution in [1.82, 2.24) is 0 Å². The van der Waals surface area contributed by atoms with E-state index in [4.69, 9.17) is 12.2 Å². The van der Waals surface area contributed by atoms with Gasteiger partial charge >= 0.3 is 0 Å². The number of nitro benzene ring substituents is 1. The van der Waals surface area contributed by atoms with Crippen LogP contribution in [-0.2, 0) is 0 Å². The predicted octanol–water partition coefficient (Wildman–Crippen LogP) is 4.47. The summed E-state index contributed by atoms with van der Waals surface area (Å²) in [5.74, 6) is -0.340. The van der Waals surface area contributed by atoms with Gasteiger partial charge in [0.15, 0.2) is 17.4 Å². The van der Waals surface area contributed by atoms with E-state index in [2.05, 4.69) is 5.32 Å². The molecule has 4 aromatic rings. The molecular weight excluding hydrogens is 422 g/mol. The van der Waals surface area contributed by atoms with Gasteiger partial charge in [-0.05, 0) is 47.9 Å². The first-order valence-corrected chi connectivity index (χ1v) is 10.3. The largest absolute Gasteiger partial charge is 0.867 e. The molecule has 0 aliphatic carbocycles. The zero-order chi connectivity index (χ0) is 22.7. The Bertz CT molecular complexity index is 1360. The van der Waals surface area contributed by atoms with Crippen LogP contribution in [0.15, 0.2) is 91.3 Å². The van der Waals surface area contributed by atoms with Gasteiger partial charge in [-0.2, -0.15) is 4.57 Å². The molecule has 0 fully saturated rings. The number of thiocarbonyl (C=S) groups is 1. The third-order valence-electron chi connectivity index (χ3n) is 5.02. The molecular formula is C25H19N3O3S. The van der Waals surface area contributed by atoms with Crippen molar-refractivity contribution in [2.75, 3.05) is 5.32 Å². The van der Waals surface area contributed by atoms with Crippen LogP contribution in [0.1, 0.15) is 11.1 Å². The van der Waals surface area contributed by atoms with Gasteiger partial charge < -0.3 is 10.4 Å². The summed E-state index contributed by atoms with van der Waals surface area (Å²) in [6.45, 7) is 1.92. The third kappa shape index (κ3) is 4.33. The van der Waals surface area contributed by atoms with Gasteiger partial charge in [0.05, 0.1) is 4.92 Å². The summed E-state index contributed by atoms with van der Waals surface area (Å²) < 4.78 is 1.68. The van der Waals surface area contributed by atoms with Crippen molar-refractivity contribution in [3.8, 4) is 0 Å². The molecule has 158 valence electrons. The lowest BCUT2D eigenvalue weighted by Crippen LogP contribution is -2.40. The third-order valence-corrected chi connectivity index (χ3v) is 5.31. The Labute approximate surface area is 190 Å². The molecule has 0 aliphatic heterocycles. The van der Waals surface area contributed by atoms with Crippen LogP contribution < -0.4 is 15.0 Å². The number of aromatic nitrogens is 1. The SMILES string of the molecule is Cc1ccc[n+](C(C(=S)Nc2cccc3ccccc23)=C([O-])c2ccc([N+](=O)[O-])cc2)c1. The summed E-state index contributed by atoms with van der Waals surface area (Å²) in [4.78, 5) is 10.7. The second kappa shape index (κ2) is 8.95. The summed E-state index contributed by atoms with van der Waals surface area (Å²) >= 11 is 5.69. The Hall–Kier alpha value is -4.10. The van der Waals surface area contributed by atoms with E-state index in [1.165, 1.54) is 24.3 Å². The second-order valence-electron chi connectivity index (χ2n) is 7.25. The molecule has 32 heavy (non-hydrogen) atoms. The van der Waals surface area contributed by atoms with Gasteiger partial charge in [0.2, 0.25) is 5.70 Å². The summed E-state index contributed by atoms with van der Waals surface area (Å²) in [6.07, 6.45) is 3.57. The fraction of sp³-hybridized carbons (Fsp3) is 0.0400. The Morgan fingerprint density at radius 2 is 1.69 bits per heavy atom. The molecule has 0 aliphatic rings. The Morgan fingerprint density at radius 1 is 0.969 bits per heavy atom. The number of hydrogen-bond acceptors (Lipinski definition) is 4. The molecule has 0 saturated heterocycles. The molecule has 4 rings (SSSR count). The van der Waals surface area contributed by atoms with Crippen LogP contribution in [-0.4, -0.2) is 9.91 Å². The summed E-state index contributed by atoms with van der Waals surface area (Å²) in [5.41, 5.74) is 2.22. The smallest absolute Gasteiger partial charge is 0.269 e. The maximum atomic E-state index is 13.5. The van der Waals surface area contributed by atoms with E-state index in [1.807, 2.05) is 67.7 Å². The number of fused-ring (bicyclic) bond motifs is 1. The van der Waals surface area contributed by atoms with Crippen LogP contribution in [0.4, 0.5) is 11.4 Å². The number of non-ortho nitro benzene ring substituents is 1. The molecule has 0 radical (unpaired) electrons. The average molecular weight is 442 g/mol. The van der Waals surface area contributed by atoms with E-state index in [1.54, 1.807) is 10.8 Å². The highest BCUT2D eigenvalue weighted by molar-refractivity contribution is 7.81. The van der Waals surface area contributed by atoms with Gasteiger partial charge in [-0.25, -0.2) is 0 Å². The molecule has 0 atom stereocenters. The van der Waals surface area contributed by atoms with E-state index >= 15 is 0 Å². The van der Waals surface area contributed by atoms with Crippen LogP contribution in [0.3, 0.4) is 0 Å². The minimum atomic E-state index is -0.499. The van der Waals surface area contributed by atoms with E-state index in [9.17, 15) is 15.2 Å². The fourth-order valence-corrected chi connectivity index (χ4v) is 3.76. The van der Waals surface area contributed by atoms with E-state index in [0.29, 0.717) is 5.56 Å². The van der Waals surface area contributed by atoms with Crippen molar-refractivity contribution < 1.29 is 14.6 Å². The highest BCUT2D eigenvalue weighted by Gasteiger charge is 2.20. The standard InChI is InChI=1S/C25H19N3O3S/c1-17-6-5-15-27(16-17)23(24(29)19-11-13-20(14-12-19)28(30)31)25(32)26-22-10-4-8-18-7-2-3-9-21(18)22/h2-16H,1H3,(H-,26,29,32). The lowest BCUT2D eigenvalue weighted by atomic mass is 10.1. The van der Waals surface area contributed by atoms with Crippen molar-refractivity contribution in [2.24, 2.45) is 0 Å². The lowest BCUT2D eigenvalue weighted by Gasteiger charge is -2.17. The van der Waals surface area contributed by atoms with Gasteiger partial charge in [0, 0.05) is 34.8 Å². The molecule has 0 bridgehead atoms. The van der Waals surface area contributed by atoms with Crippen molar-refractivity contribution >= 4 is 50.8 Å². The van der Waals surface area contributed by atoms with E-state index < -0.39 is 4.92 Å². The van der Waals surface area contributed by atoms with Crippen LogP contribution in [0.5, 0.6) is 0 Å².